The van der Waals surface area contributed by atoms with Crippen molar-refractivity contribution in [1.82, 2.24) is 0 Å². The maximum absolute atomic E-state index is 11.3. The molecule has 5 nitrogen and oxygen atoms in total. The van der Waals surface area contributed by atoms with E-state index in [1.165, 1.54) is 19.2 Å². The number of hydrogen-bond donors (Lipinski definition) is 0. The van der Waals surface area contributed by atoms with Crippen LogP contribution < -0.4 is 0 Å². The van der Waals surface area contributed by atoms with Gasteiger partial charge in [0.05, 0.1) is 17.6 Å². The lowest BCUT2D eigenvalue weighted by Crippen LogP contribution is -2.00. The minimum Gasteiger partial charge on any atom is -0.465 e. The number of benzene rings is 2. The molecule has 0 unspecified atom stereocenters. The van der Waals surface area contributed by atoms with E-state index in [-0.39, 0.29) is 11.7 Å². The zero-order chi connectivity index (χ0) is 15.2. The Labute approximate surface area is 121 Å². The Morgan fingerprint density at radius 1 is 1.00 bits per heavy atom. The molecule has 0 aliphatic heterocycles. The number of esters is 1. The van der Waals surface area contributed by atoms with Crippen molar-refractivity contribution in [2.45, 2.75) is 0 Å². The van der Waals surface area contributed by atoms with E-state index in [2.05, 4.69) is 4.74 Å². The Balaban J connectivity index is 2.10. The van der Waals surface area contributed by atoms with Gasteiger partial charge in [0.1, 0.15) is 0 Å². The van der Waals surface area contributed by atoms with Crippen LogP contribution in [0, 0.1) is 10.1 Å². The molecule has 0 aliphatic rings. The Morgan fingerprint density at radius 3 is 1.90 bits per heavy atom. The first-order valence-electron chi connectivity index (χ1n) is 6.21. The molecule has 2 aromatic carbocycles. The van der Waals surface area contributed by atoms with Crippen LogP contribution in [-0.4, -0.2) is 18.0 Å². The summed E-state index contributed by atoms with van der Waals surface area (Å²) in [6.45, 7) is 0. The summed E-state index contributed by atoms with van der Waals surface area (Å²) < 4.78 is 4.62. The van der Waals surface area contributed by atoms with Crippen molar-refractivity contribution in [3.63, 3.8) is 0 Å². The van der Waals surface area contributed by atoms with Crippen LogP contribution in [0.5, 0.6) is 0 Å². The Bertz CT molecular complexity index is 672. The van der Waals surface area contributed by atoms with Gasteiger partial charge < -0.3 is 4.74 Å². The smallest absolute Gasteiger partial charge is 0.337 e. The summed E-state index contributed by atoms with van der Waals surface area (Å²) in [5.41, 5.74) is 2.33. The number of nitro benzene ring substituents is 1. The fraction of sp³-hybridized carbons (Fsp3) is 0.0625. The van der Waals surface area contributed by atoms with Crippen LogP contribution in [0.1, 0.15) is 21.5 Å². The molecule has 106 valence electrons. The third kappa shape index (κ3) is 3.76. The largest absolute Gasteiger partial charge is 0.465 e. The van der Waals surface area contributed by atoms with Gasteiger partial charge in [0.2, 0.25) is 0 Å². The first-order chi connectivity index (χ1) is 10.1. The van der Waals surface area contributed by atoms with Crippen LogP contribution in [0.25, 0.3) is 12.2 Å². The molecule has 5 heteroatoms. The lowest BCUT2D eigenvalue weighted by molar-refractivity contribution is -0.384. The van der Waals surface area contributed by atoms with Crippen LogP contribution >= 0.6 is 0 Å². The van der Waals surface area contributed by atoms with Gasteiger partial charge in [-0.05, 0) is 35.4 Å². The lowest BCUT2D eigenvalue weighted by Gasteiger charge is -1.99. The summed E-state index contributed by atoms with van der Waals surface area (Å²) >= 11 is 0. The van der Waals surface area contributed by atoms with Crippen LogP contribution in [-0.2, 0) is 4.74 Å². The van der Waals surface area contributed by atoms with Gasteiger partial charge in [-0.1, -0.05) is 24.3 Å². The summed E-state index contributed by atoms with van der Waals surface area (Å²) in [5.74, 6) is -0.374. The van der Waals surface area contributed by atoms with Crippen molar-refractivity contribution in [3.05, 3.63) is 75.3 Å². The SMILES string of the molecule is COC(=O)c1ccc(/C=C/c2ccc([N+](=O)[O-])cc2)cc1. The lowest BCUT2D eigenvalue weighted by atomic mass is 10.1. The zero-order valence-electron chi connectivity index (χ0n) is 11.4. The van der Waals surface area contributed by atoms with E-state index in [1.807, 2.05) is 12.2 Å². The molecule has 0 saturated heterocycles. The van der Waals surface area contributed by atoms with Gasteiger partial charge in [-0.25, -0.2) is 4.79 Å². The average Bonchev–Trinajstić information content (AvgIpc) is 2.53. The summed E-state index contributed by atoms with van der Waals surface area (Å²) in [5, 5.41) is 10.6. The minimum atomic E-state index is -0.432. The molecular weight excluding hydrogens is 270 g/mol. The highest BCUT2D eigenvalue weighted by molar-refractivity contribution is 5.89. The molecule has 0 amide bonds. The molecule has 0 saturated carbocycles. The highest BCUT2D eigenvalue weighted by atomic mass is 16.6. The zero-order valence-corrected chi connectivity index (χ0v) is 11.4. The van der Waals surface area contributed by atoms with Gasteiger partial charge in [-0.2, -0.15) is 0 Å². The Kier molecular flexibility index (Phi) is 4.46. The standard InChI is InChI=1S/C16H13NO4/c1-21-16(18)14-8-4-12(5-9-14)2-3-13-6-10-15(11-7-13)17(19)20/h2-11H,1H3/b3-2+. The van der Waals surface area contributed by atoms with Gasteiger partial charge in [0.15, 0.2) is 0 Å². The van der Waals surface area contributed by atoms with E-state index >= 15 is 0 Å². The summed E-state index contributed by atoms with van der Waals surface area (Å²) in [6.07, 6.45) is 3.71. The highest BCUT2D eigenvalue weighted by Gasteiger charge is 2.04. The first-order valence-corrected chi connectivity index (χ1v) is 6.21. The van der Waals surface area contributed by atoms with Crippen molar-refractivity contribution in [3.8, 4) is 0 Å². The predicted octanol–water partition coefficient (Wildman–Crippen LogP) is 3.55. The van der Waals surface area contributed by atoms with Crippen LogP contribution in [0.3, 0.4) is 0 Å². The number of nitro groups is 1. The van der Waals surface area contributed by atoms with Gasteiger partial charge in [0, 0.05) is 12.1 Å². The minimum absolute atomic E-state index is 0.0644. The second-order valence-corrected chi connectivity index (χ2v) is 4.30. The topological polar surface area (TPSA) is 69.4 Å². The van der Waals surface area contributed by atoms with E-state index in [9.17, 15) is 14.9 Å². The molecule has 0 bridgehead atoms. The number of nitrogens with zero attached hydrogens (tertiary/aromatic N) is 1. The first kappa shape index (κ1) is 14.5. The fourth-order valence-corrected chi connectivity index (χ4v) is 1.75. The maximum Gasteiger partial charge on any atom is 0.337 e. The van der Waals surface area contributed by atoms with Crippen molar-refractivity contribution in [2.24, 2.45) is 0 Å². The van der Waals surface area contributed by atoms with Crippen molar-refractivity contribution >= 4 is 23.8 Å². The number of hydrogen-bond acceptors (Lipinski definition) is 4. The number of carbonyl (C=O) groups excluding carboxylic acids is 1. The molecule has 0 aromatic heterocycles. The molecule has 0 atom stereocenters. The van der Waals surface area contributed by atoms with Crippen molar-refractivity contribution in [2.75, 3.05) is 7.11 Å². The van der Waals surface area contributed by atoms with Gasteiger partial charge in [0.25, 0.3) is 5.69 Å². The number of methoxy groups -OCH3 is 1. The van der Waals surface area contributed by atoms with E-state index in [0.717, 1.165) is 11.1 Å². The number of ether oxygens (including phenoxy) is 1. The molecule has 2 rings (SSSR count). The quantitative estimate of drug-likeness (QED) is 0.372. The van der Waals surface area contributed by atoms with Crippen LogP contribution in [0.15, 0.2) is 48.5 Å². The molecule has 2 aromatic rings. The van der Waals surface area contributed by atoms with E-state index in [0.29, 0.717) is 5.56 Å². The highest BCUT2D eigenvalue weighted by Crippen LogP contribution is 2.14. The molecule has 0 N–H and O–H groups in total. The van der Waals surface area contributed by atoms with Gasteiger partial charge in [-0.15, -0.1) is 0 Å². The molecule has 21 heavy (non-hydrogen) atoms. The third-order valence-electron chi connectivity index (χ3n) is 2.90. The summed E-state index contributed by atoms with van der Waals surface area (Å²) in [6, 6.07) is 13.2. The predicted molar refractivity (Wildman–Crippen MR) is 79.8 cm³/mol. The number of rotatable bonds is 4. The summed E-state index contributed by atoms with van der Waals surface area (Å²) in [4.78, 5) is 21.4. The van der Waals surface area contributed by atoms with Crippen molar-refractivity contribution in [1.29, 1.82) is 0 Å². The molecule has 0 fully saturated rings. The third-order valence-corrected chi connectivity index (χ3v) is 2.90. The number of carbonyl (C=O) groups is 1. The van der Waals surface area contributed by atoms with E-state index in [1.54, 1.807) is 36.4 Å². The molecule has 0 heterocycles. The second kappa shape index (κ2) is 6.47. The Morgan fingerprint density at radius 2 is 1.48 bits per heavy atom. The van der Waals surface area contributed by atoms with Gasteiger partial charge in [-0.3, -0.25) is 10.1 Å². The van der Waals surface area contributed by atoms with Crippen LogP contribution in [0.4, 0.5) is 5.69 Å². The summed E-state index contributed by atoms with van der Waals surface area (Å²) in [7, 11) is 1.34. The molecule has 0 aliphatic carbocycles. The number of non-ortho nitro benzene ring substituents is 1. The maximum atomic E-state index is 11.3. The van der Waals surface area contributed by atoms with Crippen molar-refractivity contribution < 1.29 is 14.5 Å². The van der Waals surface area contributed by atoms with E-state index < -0.39 is 4.92 Å². The van der Waals surface area contributed by atoms with Gasteiger partial charge >= 0.3 is 5.97 Å². The normalized spacial score (nSPS) is 10.5. The monoisotopic (exact) mass is 283 g/mol. The molecule has 0 radical (unpaired) electrons. The van der Waals surface area contributed by atoms with Crippen LogP contribution in [0.2, 0.25) is 0 Å². The second-order valence-electron chi connectivity index (χ2n) is 4.30. The fourth-order valence-electron chi connectivity index (χ4n) is 1.75. The van der Waals surface area contributed by atoms with E-state index in [4.69, 9.17) is 0 Å². The molecular formula is C16H13NO4. The molecule has 0 spiro atoms. The average molecular weight is 283 g/mol. The Hall–Kier alpha value is -2.95.